The lowest BCUT2D eigenvalue weighted by molar-refractivity contribution is 0.247. The minimum atomic E-state index is 0.584. The molecule has 1 saturated heterocycles. The maximum Gasteiger partial charge on any atom is 0.128 e. The predicted octanol–water partition coefficient (Wildman–Crippen LogP) is 1.72. The Kier molecular flexibility index (Phi) is 5.16. The van der Waals surface area contributed by atoms with E-state index in [2.05, 4.69) is 53.3 Å². The molecule has 1 aromatic rings. The third kappa shape index (κ3) is 3.91. The molecule has 0 saturated carbocycles. The second kappa shape index (κ2) is 6.87. The molecule has 0 radical (unpaired) electrons. The van der Waals surface area contributed by atoms with Crippen LogP contribution in [-0.2, 0) is 6.54 Å². The first kappa shape index (κ1) is 14.3. The second-order valence-electron chi connectivity index (χ2n) is 5.47. The zero-order chi connectivity index (χ0) is 13.7. The molecule has 1 atom stereocenters. The molecule has 106 valence electrons. The zero-order valence-electron chi connectivity index (χ0n) is 12.4. The molecule has 0 spiro atoms. The maximum atomic E-state index is 4.53. The monoisotopic (exact) mass is 262 g/mol. The number of piperidine rings is 1. The van der Waals surface area contributed by atoms with Gasteiger partial charge in [-0.05, 0) is 50.7 Å². The summed E-state index contributed by atoms with van der Waals surface area (Å²) in [5.74, 6) is 1.09. The molecule has 19 heavy (non-hydrogen) atoms. The number of rotatable bonds is 5. The van der Waals surface area contributed by atoms with E-state index in [0.717, 1.165) is 25.5 Å². The van der Waals surface area contributed by atoms with Crippen LogP contribution < -0.4 is 10.2 Å². The van der Waals surface area contributed by atoms with Gasteiger partial charge in [-0.1, -0.05) is 6.92 Å². The molecule has 4 heteroatoms. The molecule has 4 nitrogen and oxygen atoms in total. The summed E-state index contributed by atoms with van der Waals surface area (Å²) in [4.78, 5) is 9.28. The van der Waals surface area contributed by atoms with Gasteiger partial charge in [0.1, 0.15) is 5.82 Å². The number of anilines is 1. The van der Waals surface area contributed by atoms with Crippen LogP contribution in [0.1, 0.15) is 25.3 Å². The molecular weight excluding hydrogens is 236 g/mol. The summed E-state index contributed by atoms with van der Waals surface area (Å²) in [6.07, 6.45) is 4.47. The van der Waals surface area contributed by atoms with Gasteiger partial charge < -0.3 is 15.1 Å². The van der Waals surface area contributed by atoms with Crippen molar-refractivity contribution in [3.8, 4) is 0 Å². The largest absolute Gasteiger partial charge is 0.355 e. The lowest BCUT2D eigenvalue weighted by Gasteiger charge is -2.36. The molecule has 0 bridgehead atoms. The van der Waals surface area contributed by atoms with Gasteiger partial charge in [0.05, 0.1) is 0 Å². The Morgan fingerprint density at radius 1 is 1.53 bits per heavy atom. The molecule has 0 aromatic carbocycles. The highest BCUT2D eigenvalue weighted by atomic mass is 15.2. The molecular formula is C15H26N4. The minimum Gasteiger partial charge on any atom is -0.355 e. The highest BCUT2D eigenvalue weighted by Gasteiger charge is 2.21. The molecule has 1 aliphatic heterocycles. The fraction of sp³-hybridized carbons (Fsp3) is 0.667. The van der Waals surface area contributed by atoms with Crippen molar-refractivity contribution in [3.63, 3.8) is 0 Å². The van der Waals surface area contributed by atoms with Gasteiger partial charge in [-0.15, -0.1) is 0 Å². The van der Waals surface area contributed by atoms with E-state index in [-0.39, 0.29) is 0 Å². The van der Waals surface area contributed by atoms with Crippen LogP contribution >= 0.6 is 0 Å². The van der Waals surface area contributed by atoms with Crippen LogP contribution in [0.2, 0.25) is 0 Å². The van der Waals surface area contributed by atoms with E-state index >= 15 is 0 Å². The Hall–Kier alpha value is -1.13. The van der Waals surface area contributed by atoms with Crippen molar-refractivity contribution in [2.75, 3.05) is 38.6 Å². The van der Waals surface area contributed by atoms with Gasteiger partial charge in [-0.25, -0.2) is 4.98 Å². The van der Waals surface area contributed by atoms with Crippen molar-refractivity contribution in [2.45, 2.75) is 32.4 Å². The highest BCUT2D eigenvalue weighted by molar-refractivity contribution is 5.41. The molecule has 1 N–H and O–H groups in total. The summed E-state index contributed by atoms with van der Waals surface area (Å²) in [5, 5.41) is 3.36. The summed E-state index contributed by atoms with van der Waals surface area (Å²) < 4.78 is 0. The van der Waals surface area contributed by atoms with Crippen molar-refractivity contribution in [3.05, 3.63) is 23.9 Å². The van der Waals surface area contributed by atoms with Crippen LogP contribution in [0.15, 0.2) is 18.3 Å². The van der Waals surface area contributed by atoms with Crippen LogP contribution in [0.4, 0.5) is 5.82 Å². The standard InChI is InChI=1S/C15H26N4/c1-4-16-11-13-7-8-17-15(10-13)19(3)14-6-5-9-18(2)12-14/h7-8,10,14,16H,4-6,9,11-12H2,1-3H3. The van der Waals surface area contributed by atoms with Crippen LogP contribution in [0, 0.1) is 0 Å². The Bertz CT molecular complexity index is 393. The van der Waals surface area contributed by atoms with Crippen LogP contribution in [0.5, 0.6) is 0 Å². The van der Waals surface area contributed by atoms with E-state index in [1.165, 1.54) is 24.9 Å². The van der Waals surface area contributed by atoms with Crippen LogP contribution in [-0.4, -0.2) is 49.7 Å². The molecule has 2 rings (SSSR count). The number of nitrogens with one attached hydrogen (secondary N) is 1. The number of hydrogen-bond donors (Lipinski definition) is 1. The summed E-state index contributed by atoms with van der Waals surface area (Å²) >= 11 is 0. The van der Waals surface area contributed by atoms with Gasteiger partial charge in [-0.2, -0.15) is 0 Å². The van der Waals surface area contributed by atoms with E-state index in [0.29, 0.717) is 6.04 Å². The van der Waals surface area contributed by atoms with Crippen molar-refractivity contribution in [1.29, 1.82) is 0 Å². The van der Waals surface area contributed by atoms with E-state index in [4.69, 9.17) is 0 Å². The number of pyridine rings is 1. The Morgan fingerprint density at radius 2 is 2.37 bits per heavy atom. The minimum absolute atomic E-state index is 0.584. The quantitative estimate of drug-likeness (QED) is 0.875. The van der Waals surface area contributed by atoms with Crippen molar-refractivity contribution in [2.24, 2.45) is 0 Å². The maximum absolute atomic E-state index is 4.53. The summed E-state index contributed by atoms with van der Waals surface area (Å²) in [6, 6.07) is 4.88. The average molecular weight is 262 g/mol. The lowest BCUT2D eigenvalue weighted by Crippen LogP contribution is -2.45. The lowest BCUT2D eigenvalue weighted by atomic mass is 10.0. The first-order valence-electron chi connectivity index (χ1n) is 7.27. The molecule has 1 aliphatic rings. The topological polar surface area (TPSA) is 31.4 Å². The second-order valence-corrected chi connectivity index (χ2v) is 5.47. The van der Waals surface area contributed by atoms with E-state index in [9.17, 15) is 0 Å². The summed E-state index contributed by atoms with van der Waals surface area (Å²) in [6.45, 7) is 6.41. The van der Waals surface area contributed by atoms with Crippen molar-refractivity contribution >= 4 is 5.82 Å². The summed E-state index contributed by atoms with van der Waals surface area (Å²) in [5.41, 5.74) is 1.31. The smallest absolute Gasteiger partial charge is 0.128 e. The van der Waals surface area contributed by atoms with Gasteiger partial charge in [0.2, 0.25) is 0 Å². The van der Waals surface area contributed by atoms with Crippen LogP contribution in [0.3, 0.4) is 0 Å². The molecule has 1 aromatic heterocycles. The molecule has 2 heterocycles. The molecule has 0 aliphatic carbocycles. The number of hydrogen-bond acceptors (Lipinski definition) is 4. The van der Waals surface area contributed by atoms with Gasteiger partial charge >= 0.3 is 0 Å². The number of likely N-dealkylation sites (tertiary alicyclic amines) is 1. The number of likely N-dealkylation sites (N-methyl/N-ethyl adjacent to an activating group) is 2. The first-order chi connectivity index (χ1) is 9.20. The van der Waals surface area contributed by atoms with E-state index < -0.39 is 0 Å². The first-order valence-corrected chi connectivity index (χ1v) is 7.27. The highest BCUT2D eigenvalue weighted by Crippen LogP contribution is 2.19. The van der Waals surface area contributed by atoms with E-state index in [1.807, 2.05) is 6.20 Å². The molecule has 1 unspecified atom stereocenters. The third-order valence-electron chi connectivity index (χ3n) is 3.90. The molecule has 0 amide bonds. The third-order valence-corrected chi connectivity index (χ3v) is 3.90. The zero-order valence-corrected chi connectivity index (χ0v) is 12.4. The number of nitrogens with zero attached hydrogens (tertiary/aromatic N) is 3. The van der Waals surface area contributed by atoms with Crippen molar-refractivity contribution in [1.82, 2.24) is 15.2 Å². The number of aromatic nitrogens is 1. The Morgan fingerprint density at radius 3 is 3.11 bits per heavy atom. The molecule has 1 fully saturated rings. The van der Waals surface area contributed by atoms with Gasteiger partial charge in [0.25, 0.3) is 0 Å². The normalized spacial score (nSPS) is 20.5. The van der Waals surface area contributed by atoms with E-state index in [1.54, 1.807) is 0 Å². The van der Waals surface area contributed by atoms with Gasteiger partial charge in [-0.3, -0.25) is 0 Å². The predicted molar refractivity (Wildman–Crippen MR) is 80.5 cm³/mol. The van der Waals surface area contributed by atoms with Gasteiger partial charge in [0.15, 0.2) is 0 Å². The average Bonchev–Trinajstić information content (AvgIpc) is 2.44. The Balaban J connectivity index is 2.03. The van der Waals surface area contributed by atoms with Crippen LogP contribution in [0.25, 0.3) is 0 Å². The Labute approximate surface area is 116 Å². The fourth-order valence-electron chi connectivity index (χ4n) is 2.68. The van der Waals surface area contributed by atoms with Gasteiger partial charge in [0, 0.05) is 32.4 Å². The van der Waals surface area contributed by atoms with Crippen molar-refractivity contribution < 1.29 is 0 Å². The summed E-state index contributed by atoms with van der Waals surface area (Å²) in [7, 11) is 4.37. The fourth-order valence-corrected chi connectivity index (χ4v) is 2.68. The SMILES string of the molecule is CCNCc1ccnc(N(C)C2CCCN(C)C2)c1.